The monoisotopic (exact) mass is 502 g/mol. The van der Waals surface area contributed by atoms with Crippen LogP contribution in [0.1, 0.15) is 78.8 Å². The molecule has 2 heterocycles. The zero-order chi connectivity index (χ0) is 26.8. The molecule has 7 atom stereocenters. The molecule has 1 aromatic heterocycles. The fourth-order valence-electron chi connectivity index (χ4n) is 5.17. The average molecular weight is 503 g/mol. The van der Waals surface area contributed by atoms with Gasteiger partial charge in [0.15, 0.2) is 0 Å². The van der Waals surface area contributed by atoms with Gasteiger partial charge in [0.05, 0.1) is 30.6 Å². The van der Waals surface area contributed by atoms with Gasteiger partial charge in [-0.25, -0.2) is 4.98 Å². The molecular formula is C28H42N2O6. The molecule has 0 aromatic carbocycles. The van der Waals surface area contributed by atoms with Crippen molar-refractivity contribution in [3.63, 3.8) is 0 Å². The van der Waals surface area contributed by atoms with Crippen LogP contribution in [0, 0.1) is 28.6 Å². The fourth-order valence-corrected chi connectivity index (χ4v) is 5.17. The van der Waals surface area contributed by atoms with Gasteiger partial charge in [0.25, 0.3) is 0 Å². The molecular weight excluding hydrogens is 460 g/mol. The lowest BCUT2D eigenvalue weighted by atomic mass is 9.73. The molecule has 2 aliphatic rings. The van der Waals surface area contributed by atoms with E-state index in [1.165, 1.54) is 6.26 Å². The van der Waals surface area contributed by atoms with Gasteiger partial charge in [0.1, 0.15) is 23.8 Å². The van der Waals surface area contributed by atoms with Gasteiger partial charge >= 0.3 is 5.97 Å². The third-order valence-corrected chi connectivity index (χ3v) is 8.25. The Morgan fingerprint density at radius 1 is 1.25 bits per heavy atom. The molecule has 0 spiro atoms. The molecule has 8 nitrogen and oxygen atoms in total. The number of Topliss-reactive ketones (excluding diaryl/α,β-unsaturated/α-hetero) is 1. The summed E-state index contributed by atoms with van der Waals surface area (Å²) in [5.74, 6) is -0.980. The first-order chi connectivity index (χ1) is 16.8. The fraction of sp³-hybridized carbons (Fsp3) is 0.679. The first-order valence-electron chi connectivity index (χ1n) is 12.9. The van der Waals surface area contributed by atoms with Gasteiger partial charge in [0, 0.05) is 11.8 Å². The second-order valence-corrected chi connectivity index (χ2v) is 11.6. The van der Waals surface area contributed by atoms with E-state index in [1.54, 1.807) is 20.8 Å². The van der Waals surface area contributed by atoms with Crippen LogP contribution in [0.3, 0.4) is 0 Å². The zero-order valence-corrected chi connectivity index (χ0v) is 22.4. The number of aromatic nitrogens is 1. The lowest BCUT2D eigenvalue weighted by Gasteiger charge is -2.34. The Morgan fingerprint density at radius 3 is 2.58 bits per heavy atom. The topological polar surface area (TPSA) is 136 Å². The maximum Gasteiger partial charge on any atom is 0.309 e. The number of carbonyl (C=O) groups is 2. The number of esters is 1. The highest BCUT2D eigenvalue weighted by molar-refractivity contribution is 5.88. The number of hydrogen-bond acceptors (Lipinski definition) is 8. The van der Waals surface area contributed by atoms with E-state index in [0.717, 1.165) is 18.4 Å². The van der Waals surface area contributed by atoms with Gasteiger partial charge < -0.3 is 25.1 Å². The molecule has 0 saturated heterocycles. The zero-order valence-electron chi connectivity index (χ0n) is 22.4. The van der Waals surface area contributed by atoms with Crippen LogP contribution in [0.5, 0.6) is 0 Å². The summed E-state index contributed by atoms with van der Waals surface area (Å²) < 4.78 is 11.2. The summed E-state index contributed by atoms with van der Waals surface area (Å²) in [6.07, 6.45) is 6.96. The SMILES string of the molecule is C/C(=C\c1coc(CN)n1)[C@@H]1CC2CC2(C)C/C=C/[C@H](C)[C@H](O)[C@@H](C)C(=O)C(C)(C)[C@@H](O)CC(=O)O1. The van der Waals surface area contributed by atoms with Crippen molar-refractivity contribution in [2.45, 2.75) is 92.1 Å². The third kappa shape index (κ3) is 6.33. The highest BCUT2D eigenvalue weighted by atomic mass is 16.5. The van der Waals surface area contributed by atoms with Crippen LogP contribution in [0.4, 0.5) is 0 Å². The third-order valence-electron chi connectivity index (χ3n) is 8.25. The van der Waals surface area contributed by atoms with Crippen molar-refractivity contribution >= 4 is 17.8 Å². The van der Waals surface area contributed by atoms with Gasteiger partial charge in [0.2, 0.25) is 5.89 Å². The largest absolute Gasteiger partial charge is 0.458 e. The van der Waals surface area contributed by atoms with E-state index in [-0.39, 0.29) is 30.1 Å². The maximum atomic E-state index is 13.2. The molecule has 0 bridgehead atoms. The summed E-state index contributed by atoms with van der Waals surface area (Å²) in [7, 11) is 0. The number of hydrogen-bond donors (Lipinski definition) is 3. The number of aliphatic hydroxyl groups excluding tert-OH is 2. The van der Waals surface area contributed by atoms with Crippen molar-refractivity contribution in [1.29, 1.82) is 0 Å². The predicted octanol–water partition coefficient (Wildman–Crippen LogP) is 3.80. The van der Waals surface area contributed by atoms with Crippen molar-refractivity contribution in [2.24, 2.45) is 34.3 Å². The summed E-state index contributed by atoms with van der Waals surface area (Å²) in [5, 5.41) is 21.7. The highest BCUT2D eigenvalue weighted by Gasteiger charge is 2.50. The van der Waals surface area contributed by atoms with Crippen molar-refractivity contribution in [3.05, 3.63) is 35.6 Å². The highest BCUT2D eigenvalue weighted by Crippen LogP contribution is 2.58. The Labute approximate surface area is 214 Å². The molecule has 0 radical (unpaired) electrons. The molecule has 4 N–H and O–H groups in total. The van der Waals surface area contributed by atoms with Gasteiger partial charge in [-0.2, -0.15) is 0 Å². The Bertz CT molecular complexity index is 1010. The molecule has 2 unspecified atom stereocenters. The van der Waals surface area contributed by atoms with Crippen molar-refractivity contribution < 1.29 is 29.0 Å². The Balaban J connectivity index is 1.89. The van der Waals surface area contributed by atoms with Crippen LogP contribution in [0.15, 0.2) is 28.4 Å². The van der Waals surface area contributed by atoms with E-state index < -0.39 is 35.6 Å². The number of fused-ring (bicyclic) bond motifs is 1. The second kappa shape index (κ2) is 11.0. The summed E-state index contributed by atoms with van der Waals surface area (Å²) in [6.45, 7) is 11.1. The minimum atomic E-state index is -1.25. The van der Waals surface area contributed by atoms with Crippen LogP contribution in [-0.2, 0) is 20.9 Å². The van der Waals surface area contributed by atoms with Gasteiger partial charge in [-0.3, -0.25) is 9.59 Å². The molecule has 1 aliphatic heterocycles. The first kappa shape index (κ1) is 28.3. The quantitative estimate of drug-likeness (QED) is 0.419. The van der Waals surface area contributed by atoms with Crippen molar-refractivity contribution in [2.75, 3.05) is 0 Å². The lowest BCUT2D eigenvalue weighted by Crippen LogP contribution is -2.45. The number of ether oxygens (including phenoxy) is 1. The van der Waals surface area contributed by atoms with Crippen LogP contribution < -0.4 is 5.73 Å². The molecule has 200 valence electrons. The van der Waals surface area contributed by atoms with Crippen LogP contribution >= 0.6 is 0 Å². The predicted molar refractivity (Wildman–Crippen MR) is 136 cm³/mol. The normalized spacial score (nSPS) is 37.2. The average Bonchev–Trinajstić information content (AvgIpc) is 3.23. The van der Waals surface area contributed by atoms with E-state index >= 15 is 0 Å². The summed E-state index contributed by atoms with van der Waals surface area (Å²) in [6, 6.07) is 0. The van der Waals surface area contributed by atoms with E-state index in [0.29, 0.717) is 23.9 Å². The van der Waals surface area contributed by atoms with E-state index in [1.807, 2.05) is 26.0 Å². The summed E-state index contributed by atoms with van der Waals surface area (Å²) in [4.78, 5) is 30.5. The maximum absolute atomic E-state index is 13.2. The van der Waals surface area contributed by atoms with E-state index in [2.05, 4.69) is 18.0 Å². The minimum absolute atomic E-state index is 0.0761. The molecule has 1 saturated carbocycles. The Kier molecular flexibility index (Phi) is 8.63. The number of rotatable bonds is 3. The minimum Gasteiger partial charge on any atom is -0.458 e. The van der Waals surface area contributed by atoms with Gasteiger partial charge in [-0.05, 0) is 49.2 Å². The molecule has 8 heteroatoms. The standard InChI is InChI=1S/C28H42N2O6/c1-16-8-7-9-28(6)13-19(28)11-21(17(2)10-20-15-35-23(14-29)30-20)36-24(32)12-22(31)27(4,5)26(34)18(3)25(16)33/h7-8,10,15-16,18-19,21-22,25,31,33H,9,11-14,29H2,1-6H3/b8-7+,17-10+/t16-,18+,19?,21-,22-,25-,28?/m0/s1. The number of nitrogens with zero attached hydrogens (tertiary/aromatic N) is 1. The molecule has 36 heavy (non-hydrogen) atoms. The number of aliphatic hydroxyl groups is 2. The van der Waals surface area contributed by atoms with Crippen molar-refractivity contribution in [1.82, 2.24) is 4.98 Å². The Morgan fingerprint density at radius 2 is 1.94 bits per heavy atom. The van der Waals surface area contributed by atoms with Crippen LogP contribution in [0.2, 0.25) is 0 Å². The molecule has 3 rings (SSSR count). The first-order valence-corrected chi connectivity index (χ1v) is 12.9. The number of nitrogens with two attached hydrogens (primary N) is 1. The van der Waals surface area contributed by atoms with Crippen molar-refractivity contribution in [3.8, 4) is 0 Å². The second-order valence-electron chi connectivity index (χ2n) is 11.6. The number of ketones is 1. The van der Waals surface area contributed by atoms with Crippen LogP contribution in [0.25, 0.3) is 6.08 Å². The molecule has 0 amide bonds. The number of carbonyl (C=O) groups excluding carboxylic acids is 2. The molecule has 1 fully saturated rings. The van der Waals surface area contributed by atoms with Gasteiger partial charge in [-0.15, -0.1) is 0 Å². The number of oxazole rings is 1. The Hall–Kier alpha value is -2.29. The summed E-state index contributed by atoms with van der Waals surface area (Å²) >= 11 is 0. The smallest absolute Gasteiger partial charge is 0.309 e. The number of cyclic esters (lactones) is 1. The van der Waals surface area contributed by atoms with E-state index in [4.69, 9.17) is 14.9 Å². The van der Waals surface area contributed by atoms with Crippen LogP contribution in [-0.4, -0.2) is 45.3 Å². The number of allylic oxidation sites excluding steroid dienone is 1. The van der Waals surface area contributed by atoms with E-state index in [9.17, 15) is 19.8 Å². The molecule has 1 aliphatic carbocycles. The summed E-state index contributed by atoms with van der Waals surface area (Å²) in [5.41, 5.74) is 5.86. The lowest BCUT2D eigenvalue weighted by molar-refractivity contribution is -0.154. The van der Waals surface area contributed by atoms with Gasteiger partial charge in [-0.1, -0.05) is 46.8 Å². The molecule has 1 aromatic rings.